The predicted octanol–water partition coefficient (Wildman–Crippen LogP) is 3.40. The van der Waals surface area contributed by atoms with Crippen molar-refractivity contribution < 1.29 is 12.8 Å². The van der Waals surface area contributed by atoms with Gasteiger partial charge in [0.15, 0.2) is 0 Å². The molecule has 4 nitrogen and oxygen atoms in total. The summed E-state index contributed by atoms with van der Waals surface area (Å²) in [5.41, 5.74) is 1.30. The smallest absolute Gasteiger partial charge is 0.271 e. The van der Waals surface area contributed by atoms with E-state index in [4.69, 9.17) is 0 Å². The fourth-order valence-electron chi connectivity index (χ4n) is 1.62. The maximum atomic E-state index is 13.0. The highest BCUT2D eigenvalue weighted by Gasteiger charge is 2.18. The molecule has 114 valence electrons. The number of benzene rings is 1. The summed E-state index contributed by atoms with van der Waals surface area (Å²) in [5, 5.41) is 4.96. The number of hydrogen-bond acceptors (Lipinski definition) is 4. The molecule has 2 rings (SSSR count). The molecule has 0 aliphatic heterocycles. The Balaban J connectivity index is 2.19. The monoisotopic (exact) mass is 440 g/mol. The summed E-state index contributed by atoms with van der Waals surface area (Å²) in [6.45, 7) is 3.45. The van der Waals surface area contributed by atoms with Crippen molar-refractivity contribution in [2.45, 2.75) is 17.7 Å². The molecule has 0 spiro atoms. The lowest BCUT2D eigenvalue weighted by Crippen LogP contribution is -2.13. The second kappa shape index (κ2) is 7.03. The molecule has 0 aliphatic rings. The molecule has 0 aliphatic carbocycles. The molecule has 0 unspecified atom stereocenters. The van der Waals surface area contributed by atoms with E-state index in [9.17, 15) is 12.8 Å². The van der Waals surface area contributed by atoms with Gasteiger partial charge in [-0.15, -0.1) is 11.3 Å². The fraction of sp³-hybridized carbons (Fsp3) is 0.231. The van der Waals surface area contributed by atoms with Crippen LogP contribution in [0.15, 0.2) is 33.9 Å². The molecule has 1 aromatic carbocycles. The maximum Gasteiger partial charge on any atom is 0.271 e. The largest absolute Gasteiger partial charge is 0.313 e. The maximum absolute atomic E-state index is 13.0. The van der Waals surface area contributed by atoms with Crippen molar-refractivity contribution in [2.75, 3.05) is 11.3 Å². The molecule has 0 bridgehead atoms. The van der Waals surface area contributed by atoms with Crippen LogP contribution in [0.2, 0.25) is 0 Å². The highest BCUT2D eigenvalue weighted by molar-refractivity contribution is 14.1. The molecular weight excluding hydrogens is 426 g/mol. The van der Waals surface area contributed by atoms with Gasteiger partial charge >= 0.3 is 0 Å². The Morgan fingerprint density at radius 1 is 1.33 bits per heavy atom. The second-order valence-corrected chi connectivity index (χ2v) is 8.27. The minimum Gasteiger partial charge on any atom is -0.313 e. The van der Waals surface area contributed by atoms with Gasteiger partial charge in [0.2, 0.25) is 0 Å². The Morgan fingerprint density at radius 2 is 2.10 bits per heavy atom. The van der Waals surface area contributed by atoms with Crippen LogP contribution in [0.3, 0.4) is 0 Å². The standard InChI is InChI=1S/C13H14FIN2O2S2/c1-2-16-7-9-5-13(20-8-9)21(18,19)17-12-4-3-10(14)6-11(12)15/h3-6,8,16-17H,2,7H2,1H3. The lowest BCUT2D eigenvalue weighted by atomic mass is 10.3. The van der Waals surface area contributed by atoms with E-state index in [1.54, 1.807) is 6.07 Å². The second-order valence-electron chi connectivity index (χ2n) is 4.28. The van der Waals surface area contributed by atoms with Gasteiger partial charge in [-0.3, -0.25) is 4.72 Å². The average Bonchev–Trinajstić information content (AvgIpc) is 2.89. The summed E-state index contributed by atoms with van der Waals surface area (Å²) in [4.78, 5) is 0. The Hall–Kier alpha value is -0.710. The van der Waals surface area contributed by atoms with Gasteiger partial charge in [-0.05, 0) is 64.3 Å². The van der Waals surface area contributed by atoms with Crippen LogP contribution in [0, 0.1) is 9.39 Å². The topological polar surface area (TPSA) is 58.2 Å². The first-order valence-electron chi connectivity index (χ1n) is 6.18. The lowest BCUT2D eigenvalue weighted by molar-refractivity contribution is 0.602. The van der Waals surface area contributed by atoms with Crippen molar-refractivity contribution in [1.29, 1.82) is 0 Å². The van der Waals surface area contributed by atoms with Crippen LogP contribution in [0.25, 0.3) is 0 Å². The van der Waals surface area contributed by atoms with Crippen molar-refractivity contribution >= 4 is 49.6 Å². The number of anilines is 1. The van der Waals surface area contributed by atoms with E-state index in [-0.39, 0.29) is 4.21 Å². The van der Waals surface area contributed by atoms with Gasteiger partial charge in [0.05, 0.1) is 5.69 Å². The number of hydrogen-bond donors (Lipinski definition) is 2. The summed E-state index contributed by atoms with van der Waals surface area (Å²) >= 11 is 3.06. The zero-order valence-electron chi connectivity index (χ0n) is 11.2. The van der Waals surface area contributed by atoms with E-state index in [1.165, 1.54) is 29.5 Å². The molecule has 1 aromatic heterocycles. The molecule has 2 N–H and O–H groups in total. The zero-order valence-corrected chi connectivity index (χ0v) is 15.0. The third-order valence-electron chi connectivity index (χ3n) is 2.65. The van der Waals surface area contributed by atoms with Crippen molar-refractivity contribution in [2.24, 2.45) is 0 Å². The molecule has 21 heavy (non-hydrogen) atoms. The fourth-order valence-corrected chi connectivity index (χ4v) is 4.71. The van der Waals surface area contributed by atoms with Gasteiger partial charge in [0, 0.05) is 10.1 Å². The molecule has 8 heteroatoms. The number of halogens is 2. The van der Waals surface area contributed by atoms with Crippen LogP contribution in [-0.2, 0) is 16.6 Å². The van der Waals surface area contributed by atoms with E-state index < -0.39 is 15.8 Å². The highest BCUT2D eigenvalue weighted by atomic mass is 127. The Labute approximate surface area is 141 Å². The van der Waals surface area contributed by atoms with Crippen molar-refractivity contribution in [1.82, 2.24) is 5.32 Å². The van der Waals surface area contributed by atoms with Crippen LogP contribution >= 0.6 is 33.9 Å². The molecule has 0 saturated heterocycles. The van der Waals surface area contributed by atoms with Crippen molar-refractivity contribution in [3.05, 3.63) is 44.6 Å². The van der Waals surface area contributed by atoms with E-state index in [0.717, 1.165) is 12.1 Å². The van der Waals surface area contributed by atoms with E-state index in [0.29, 0.717) is 15.8 Å². The minimum absolute atomic E-state index is 0.246. The first-order valence-corrected chi connectivity index (χ1v) is 9.62. The molecule has 1 heterocycles. The van der Waals surface area contributed by atoms with Gasteiger partial charge in [-0.1, -0.05) is 6.92 Å². The van der Waals surface area contributed by atoms with E-state index >= 15 is 0 Å². The highest BCUT2D eigenvalue weighted by Crippen LogP contribution is 2.26. The first-order chi connectivity index (χ1) is 9.92. The van der Waals surface area contributed by atoms with Crippen molar-refractivity contribution in [3.8, 4) is 0 Å². The van der Waals surface area contributed by atoms with Gasteiger partial charge in [-0.2, -0.15) is 0 Å². The van der Waals surface area contributed by atoms with Gasteiger partial charge < -0.3 is 5.32 Å². The Kier molecular flexibility index (Phi) is 5.58. The van der Waals surface area contributed by atoms with Gasteiger partial charge in [0.1, 0.15) is 10.0 Å². The van der Waals surface area contributed by atoms with Crippen LogP contribution < -0.4 is 10.0 Å². The number of thiophene rings is 1. The number of nitrogens with one attached hydrogen (secondary N) is 2. The zero-order chi connectivity index (χ0) is 15.5. The van der Waals surface area contributed by atoms with Crippen LogP contribution in [0.4, 0.5) is 10.1 Å². The molecule has 0 fully saturated rings. The van der Waals surface area contributed by atoms with Gasteiger partial charge in [-0.25, -0.2) is 12.8 Å². The first kappa shape index (κ1) is 16.7. The van der Waals surface area contributed by atoms with E-state index in [2.05, 4.69) is 10.0 Å². The molecular formula is C13H14FIN2O2S2. The SMILES string of the molecule is CCNCc1csc(S(=O)(=O)Nc2ccc(F)cc2I)c1. The molecule has 0 radical (unpaired) electrons. The van der Waals surface area contributed by atoms with Crippen LogP contribution in [-0.4, -0.2) is 15.0 Å². The predicted molar refractivity (Wildman–Crippen MR) is 91.6 cm³/mol. The molecule has 0 saturated carbocycles. The third kappa shape index (κ3) is 4.38. The van der Waals surface area contributed by atoms with Crippen LogP contribution in [0.1, 0.15) is 12.5 Å². The minimum atomic E-state index is -3.64. The quantitative estimate of drug-likeness (QED) is 0.678. The Morgan fingerprint density at radius 3 is 2.76 bits per heavy atom. The number of sulfonamides is 1. The molecule has 0 atom stereocenters. The number of rotatable bonds is 6. The summed E-state index contributed by atoms with van der Waals surface area (Å²) in [5.74, 6) is -0.397. The summed E-state index contributed by atoms with van der Waals surface area (Å²) in [6.07, 6.45) is 0. The van der Waals surface area contributed by atoms with E-state index in [1.807, 2.05) is 34.9 Å². The molecule has 2 aromatic rings. The molecule has 0 amide bonds. The summed E-state index contributed by atoms with van der Waals surface area (Å²) in [7, 11) is -3.64. The van der Waals surface area contributed by atoms with Crippen molar-refractivity contribution in [3.63, 3.8) is 0 Å². The average molecular weight is 440 g/mol. The van der Waals surface area contributed by atoms with Gasteiger partial charge in [0.25, 0.3) is 10.0 Å². The van der Waals surface area contributed by atoms with Crippen LogP contribution in [0.5, 0.6) is 0 Å². The Bertz CT molecular complexity index is 732. The third-order valence-corrected chi connectivity index (χ3v) is 6.40. The normalized spacial score (nSPS) is 11.6. The summed E-state index contributed by atoms with van der Waals surface area (Å²) < 4.78 is 40.9. The summed E-state index contributed by atoms with van der Waals surface area (Å²) in [6, 6.07) is 5.57. The lowest BCUT2D eigenvalue weighted by Gasteiger charge is -2.08.